The molecule has 17 heavy (non-hydrogen) atoms. The van der Waals surface area contributed by atoms with E-state index < -0.39 is 0 Å². The summed E-state index contributed by atoms with van der Waals surface area (Å²) in [6.07, 6.45) is 2.04. The Hall–Kier alpha value is -0.450. The first-order valence-corrected chi connectivity index (χ1v) is 7.19. The smallest absolute Gasteiger partial charge is 0.0954 e. The third-order valence-electron chi connectivity index (χ3n) is 2.91. The van der Waals surface area contributed by atoms with Crippen LogP contribution in [0.3, 0.4) is 0 Å². The molecule has 0 saturated heterocycles. The van der Waals surface area contributed by atoms with E-state index in [0.29, 0.717) is 5.92 Å². The van der Waals surface area contributed by atoms with Crippen LogP contribution in [-0.2, 0) is 6.54 Å². The lowest BCUT2D eigenvalue weighted by Gasteiger charge is -2.28. The van der Waals surface area contributed by atoms with E-state index in [2.05, 4.69) is 43.4 Å². The van der Waals surface area contributed by atoms with E-state index in [-0.39, 0.29) is 12.1 Å². The van der Waals surface area contributed by atoms with E-state index in [0.717, 1.165) is 25.1 Å². The summed E-state index contributed by atoms with van der Waals surface area (Å²) in [6.45, 7) is 9.42. The summed E-state index contributed by atoms with van der Waals surface area (Å²) < 4.78 is 0. The van der Waals surface area contributed by atoms with Crippen molar-refractivity contribution >= 4 is 11.3 Å². The minimum Gasteiger partial charge on any atom is -0.394 e. The summed E-state index contributed by atoms with van der Waals surface area (Å²) in [5, 5.41) is 16.1. The van der Waals surface area contributed by atoms with Crippen LogP contribution < -0.4 is 5.32 Å². The van der Waals surface area contributed by atoms with Crippen LogP contribution in [0.5, 0.6) is 0 Å². The van der Waals surface area contributed by atoms with Crippen molar-refractivity contribution in [2.45, 2.75) is 58.5 Å². The van der Waals surface area contributed by atoms with Gasteiger partial charge in [-0.2, -0.15) is 0 Å². The molecule has 0 saturated carbocycles. The highest BCUT2D eigenvalue weighted by atomic mass is 32.1. The minimum absolute atomic E-state index is 0.169. The van der Waals surface area contributed by atoms with Gasteiger partial charge in [0.1, 0.15) is 0 Å². The highest BCUT2D eigenvalue weighted by Gasteiger charge is 2.21. The lowest BCUT2D eigenvalue weighted by molar-refractivity contribution is 0.163. The second kappa shape index (κ2) is 6.47. The normalized spacial score (nSPS) is 15.2. The standard InChI is InChI=1S/C13H24N2OS/c1-5-6-13(4,9-16)14-7-11-8-17-12(15-11)10(2)3/h8,10,14,16H,5-7,9H2,1-4H3. The van der Waals surface area contributed by atoms with Crippen LogP contribution in [0.15, 0.2) is 5.38 Å². The molecule has 0 radical (unpaired) electrons. The molecular weight excluding hydrogens is 232 g/mol. The lowest BCUT2D eigenvalue weighted by Crippen LogP contribution is -2.45. The Kier molecular flexibility index (Phi) is 5.56. The summed E-state index contributed by atoms with van der Waals surface area (Å²) in [7, 11) is 0. The molecule has 0 fully saturated rings. The molecule has 2 N–H and O–H groups in total. The van der Waals surface area contributed by atoms with E-state index in [1.165, 1.54) is 5.01 Å². The van der Waals surface area contributed by atoms with Gasteiger partial charge in [0.15, 0.2) is 0 Å². The van der Waals surface area contributed by atoms with E-state index in [4.69, 9.17) is 0 Å². The average Bonchev–Trinajstić information content (AvgIpc) is 2.76. The molecule has 0 bridgehead atoms. The molecular formula is C13H24N2OS. The van der Waals surface area contributed by atoms with Crippen LogP contribution in [-0.4, -0.2) is 22.2 Å². The predicted octanol–water partition coefficient (Wildman–Crippen LogP) is 2.91. The molecule has 1 rings (SSSR count). The topological polar surface area (TPSA) is 45.1 Å². The molecule has 0 aliphatic heterocycles. The molecule has 1 atom stereocenters. The van der Waals surface area contributed by atoms with Crippen LogP contribution in [0.1, 0.15) is 57.2 Å². The highest BCUT2D eigenvalue weighted by Crippen LogP contribution is 2.20. The number of aromatic nitrogens is 1. The van der Waals surface area contributed by atoms with Gasteiger partial charge in [0.05, 0.1) is 17.3 Å². The minimum atomic E-state index is -0.184. The summed E-state index contributed by atoms with van der Waals surface area (Å²) in [6, 6.07) is 0. The van der Waals surface area contributed by atoms with E-state index in [9.17, 15) is 5.11 Å². The zero-order chi connectivity index (χ0) is 12.9. The molecule has 0 aliphatic carbocycles. The zero-order valence-electron chi connectivity index (χ0n) is 11.3. The third-order valence-corrected chi connectivity index (χ3v) is 4.10. The van der Waals surface area contributed by atoms with Gasteiger partial charge in [-0.1, -0.05) is 27.2 Å². The predicted molar refractivity (Wildman–Crippen MR) is 73.4 cm³/mol. The first-order valence-electron chi connectivity index (χ1n) is 6.31. The molecule has 1 unspecified atom stereocenters. The SMILES string of the molecule is CCCC(C)(CO)NCc1csc(C(C)C)n1. The molecule has 1 aromatic rings. The zero-order valence-corrected chi connectivity index (χ0v) is 12.1. The number of hydrogen-bond acceptors (Lipinski definition) is 4. The fraction of sp³-hybridized carbons (Fsp3) is 0.769. The molecule has 4 heteroatoms. The van der Waals surface area contributed by atoms with Crippen molar-refractivity contribution in [1.82, 2.24) is 10.3 Å². The van der Waals surface area contributed by atoms with Crippen LogP contribution in [0.2, 0.25) is 0 Å². The Labute approximate surface area is 108 Å². The van der Waals surface area contributed by atoms with Gasteiger partial charge in [0.25, 0.3) is 0 Å². The molecule has 0 spiro atoms. The monoisotopic (exact) mass is 256 g/mol. The van der Waals surface area contributed by atoms with Crippen LogP contribution in [0, 0.1) is 0 Å². The molecule has 0 aliphatic rings. The maximum absolute atomic E-state index is 9.41. The van der Waals surface area contributed by atoms with Crippen molar-refractivity contribution in [3.8, 4) is 0 Å². The number of hydrogen-bond donors (Lipinski definition) is 2. The van der Waals surface area contributed by atoms with Crippen molar-refractivity contribution in [1.29, 1.82) is 0 Å². The molecule has 1 heterocycles. The quantitative estimate of drug-likeness (QED) is 0.788. The summed E-state index contributed by atoms with van der Waals surface area (Å²) in [5.74, 6) is 0.494. The Bertz CT molecular complexity index is 338. The van der Waals surface area contributed by atoms with Gasteiger partial charge in [0.2, 0.25) is 0 Å². The van der Waals surface area contributed by atoms with Gasteiger partial charge in [-0.05, 0) is 13.3 Å². The van der Waals surface area contributed by atoms with E-state index in [1.807, 2.05) is 0 Å². The molecule has 3 nitrogen and oxygen atoms in total. The van der Waals surface area contributed by atoms with Gasteiger partial charge in [-0.25, -0.2) is 4.98 Å². The van der Waals surface area contributed by atoms with Crippen molar-refractivity contribution in [2.24, 2.45) is 0 Å². The summed E-state index contributed by atoms with van der Waals surface area (Å²) in [5.41, 5.74) is 0.894. The van der Waals surface area contributed by atoms with Gasteiger partial charge in [-0.3, -0.25) is 0 Å². The van der Waals surface area contributed by atoms with Crippen molar-refractivity contribution < 1.29 is 5.11 Å². The number of aliphatic hydroxyl groups excluding tert-OH is 1. The van der Waals surface area contributed by atoms with Crippen molar-refractivity contribution in [2.75, 3.05) is 6.61 Å². The Morgan fingerprint density at radius 2 is 2.24 bits per heavy atom. The summed E-state index contributed by atoms with van der Waals surface area (Å²) in [4.78, 5) is 4.58. The van der Waals surface area contributed by atoms with Crippen LogP contribution >= 0.6 is 11.3 Å². The maximum Gasteiger partial charge on any atom is 0.0954 e. The Balaban J connectivity index is 2.53. The van der Waals surface area contributed by atoms with Gasteiger partial charge >= 0.3 is 0 Å². The lowest BCUT2D eigenvalue weighted by atomic mass is 9.97. The maximum atomic E-state index is 9.41. The molecule has 0 aromatic carbocycles. The van der Waals surface area contributed by atoms with Crippen LogP contribution in [0.25, 0.3) is 0 Å². The average molecular weight is 256 g/mol. The second-order valence-corrected chi connectivity index (χ2v) is 6.04. The van der Waals surface area contributed by atoms with Crippen molar-refractivity contribution in [3.63, 3.8) is 0 Å². The summed E-state index contributed by atoms with van der Waals surface area (Å²) >= 11 is 1.72. The van der Waals surface area contributed by atoms with Crippen molar-refractivity contribution in [3.05, 3.63) is 16.1 Å². The number of nitrogens with zero attached hydrogens (tertiary/aromatic N) is 1. The number of thiazole rings is 1. The van der Waals surface area contributed by atoms with Gasteiger partial charge < -0.3 is 10.4 Å². The Morgan fingerprint density at radius 1 is 1.53 bits per heavy atom. The Morgan fingerprint density at radius 3 is 2.71 bits per heavy atom. The fourth-order valence-corrected chi connectivity index (χ4v) is 2.58. The third kappa shape index (κ3) is 4.37. The molecule has 0 amide bonds. The van der Waals surface area contributed by atoms with Crippen LogP contribution in [0.4, 0.5) is 0 Å². The molecule has 98 valence electrons. The van der Waals surface area contributed by atoms with E-state index >= 15 is 0 Å². The van der Waals surface area contributed by atoms with Gasteiger partial charge in [0, 0.05) is 23.4 Å². The number of aliphatic hydroxyl groups is 1. The first kappa shape index (κ1) is 14.6. The van der Waals surface area contributed by atoms with E-state index in [1.54, 1.807) is 11.3 Å². The second-order valence-electron chi connectivity index (χ2n) is 5.15. The number of nitrogens with one attached hydrogen (secondary N) is 1. The largest absolute Gasteiger partial charge is 0.394 e. The first-order chi connectivity index (χ1) is 8.00. The molecule has 1 aromatic heterocycles. The van der Waals surface area contributed by atoms with Gasteiger partial charge in [-0.15, -0.1) is 11.3 Å². The fourth-order valence-electron chi connectivity index (χ4n) is 1.75. The highest BCUT2D eigenvalue weighted by molar-refractivity contribution is 7.09. The number of rotatable bonds is 7.